The van der Waals surface area contributed by atoms with E-state index < -0.39 is 0 Å². The van der Waals surface area contributed by atoms with Gasteiger partial charge in [-0.25, -0.2) is 0 Å². The summed E-state index contributed by atoms with van der Waals surface area (Å²) in [7, 11) is 0. The van der Waals surface area contributed by atoms with E-state index in [0.29, 0.717) is 0 Å². The summed E-state index contributed by atoms with van der Waals surface area (Å²) in [5.74, 6) is 0.461. The van der Waals surface area contributed by atoms with Gasteiger partial charge in [0, 0.05) is 11.5 Å². The molecule has 0 aliphatic heterocycles. The van der Waals surface area contributed by atoms with Gasteiger partial charge in [-0.2, -0.15) is 0 Å². The molecule has 1 fully saturated rings. The third-order valence-corrected chi connectivity index (χ3v) is 3.62. The van der Waals surface area contributed by atoms with Crippen LogP contribution in [0.3, 0.4) is 0 Å². The minimum Gasteiger partial charge on any atom is -0.294 e. The van der Waals surface area contributed by atoms with Crippen LogP contribution >= 0.6 is 0 Å². The third kappa shape index (κ3) is 2.65. The van der Waals surface area contributed by atoms with E-state index in [4.69, 9.17) is 0 Å². The molecule has 1 nitrogen and oxygen atoms in total. The van der Waals surface area contributed by atoms with Crippen LogP contribution in [0.15, 0.2) is 66.2 Å². The summed E-state index contributed by atoms with van der Waals surface area (Å²) in [5.41, 5.74) is 3.44. The van der Waals surface area contributed by atoms with Gasteiger partial charge in [0.2, 0.25) is 0 Å². The summed E-state index contributed by atoms with van der Waals surface area (Å²) in [6.45, 7) is 0. The van der Waals surface area contributed by atoms with Crippen molar-refractivity contribution in [1.29, 1.82) is 0 Å². The number of carbonyl (C=O) groups excluding carboxylic acids is 1. The smallest absolute Gasteiger partial charge is 0.166 e. The second-order valence-electron chi connectivity index (χ2n) is 5.05. The molecule has 0 spiro atoms. The normalized spacial score (nSPS) is 17.7. The van der Waals surface area contributed by atoms with Crippen LogP contribution in [0.25, 0.3) is 6.08 Å². The van der Waals surface area contributed by atoms with Gasteiger partial charge < -0.3 is 0 Å². The molecule has 1 saturated carbocycles. The van der Waals surface area contributed by atoms with Crippen molar-refractivity contribution in [2.75, 3.05) is 0 Å². The van der Waals surface area contributed by atoms with E-state index in [1.807, 2.05) is 48.5 Å². The molecule has 1 heteroatoms. The summed E-state index contributed by atoms with van der Waals surface area (Å²) >= 11 is 0. The van der Waals surface area contributed by atoms with Crippen molar-refractivity contribution in [3.63, 3.8) is 0 Å². The maximum atomic E-state index is 12.2. The minimum absolute atomic E-state index is 0.178. The maximum absolute atomic E-state index is 12.2. The standard InChI is InChI=1S/C18H16O/c19-18(16-9-5-2-6-10-16)17-12-15(13-17)11-14-7-3-1-4-8-14/h1-11,17H,12-13H2. The minimum atomic E-state index is 0.178. The molecular formula is C18H16O. The van der Waals surface area contributed by atoms with Crippen LogP contribution in [0.5, 0.6) is 0 Å². The molecule has 0 N–H and O–H groups in total. The van der Waals surface area contributed by atoms with Crippen molar-refractivity contribution in [1.82, 2.24) is 0 Å². The van der Waals surface area contributed by atoms with E-state index in [2.05, 4.69) is 18.2 Å². The van der Waals surface area contributed by atoms with Crippen LogP contribution < -0.4 is 0 Å². The molecule has 0 amide bonds. The molecule has 0 unspecified atom stereocenters. The van der Waals surface area contributed by atoms with E-state index in [0.717, 1.165) is 18.4 Å². The number of rotatable bonds is 3. The van der Waals surface area contributed by atoms with Gasteiger partial charge in [-0.05, 0) is 18.4 Å². The molecular weight excluding hydrogens is 232 g/mol. The molecule has 94 valence electrons. The molecule has 0 atom stereocenters. The molecule has 2 aromatic rings. The fraction of sp³-hybridized carbons (Fsp3) is 0.167. The van der Waals surface area contributed by atoms with Crippen molar-refractivity contribution in [3.8, 4) is 0 Å². The highest BCUT2D eigenvalue weighted by Crippen LogP contribution is 2.36. The van der Waals surface area contributed by atoms with Gasteiger partial charge in [0.15, 0.2) is 5.78 Å². The first-order valence-corrected chi connectivity index (χ1v) is 6.67. The second-order valence-corrected chi connectivity index (χ2v) is 5.05. The highest BCUT2D eigenvalue weighted by Gasteiger charge is 2.29. The van der Waals surface area contributed by atoms with E-state index in [1.165, 1.54) is 11.1 Å². The summed E-state index contributed by atoms with van der Waals surface area (Å²) in [6.07, 6.45) is 4.01. The maximum Gasteiger partial charge on any atom is 0.166 e. The molecule has 19 heavy (non-hydrogen) atoms. The number of hydrogen-bond acceptors (Lipinski definition) is 1. The molecule has 0 aromatic heterocycles. The van der Waals surface area contributed by atoms with Gasteiger partial charge in [-0.3, -0.25) is 4.79 Å². The number of allylic oxidation sites excluding steroid dienone is 1. The number of ketones is 1. The van der Waals surface area contributed by atoms with Gasteiger partial charge >= 0.3 is 0 Å². The van der Waals surface area contributed by atoms with Gasteiger partial charge in [-0.15, -0.1) is 0 Å². The highest BCUT2D eigenvalue weighted by atomic mass is 16.1. The van der Waals surface area contributed by atoms with Gasteiger partial charge in [0.05, 0.1) is 0 Å². The lowest BCUT2D eigenvalue weighted by Crippen LogP contribution is -2.24. The van der Waals surface area contributed by atoms with Crippen molar-refractivity contribution >= 4 is 11.9 Å². The highest BCUT2D eigenvalue weighted by molar-refractivity contribution is 5.99. The van der Waals surface area contributed by atoms with Gasteiger partial charge in [0.25, 0.3) is 0 Å². The number of carbonyl (C=O) groups is 1. The summed E-state index contributed by atoms with van der Waals surface area (Å²) in [4.78, 5) is 12.2. The van der Waals surface area contributed by atoms with Crippen LogP contribution in [0, 0.1) is 5.92 Å². The molecule has 0 bridgehead atoms. The average molecular weight is 248 g/mol. The van der Waals surface area contributed by atoms with E-state index in [9.17, 15) is 4.79 Å². The fourth-order valence-corrected chi connectivity index (χ4v) is 2.50. The number of hydrogen-bond donors (Lipinski definition) is 0. The Balaban J connectivity index is 1.64. The Morgan fingerprint density at radius 3 is 2.11 bits per heavy atom. The monoisotopic (exact) mass is 248 g/mol. The molecule has 1 aliphatic rings. The first-order valence-electron chi connectivity index (χ1n) is 6.67. The average Bonchev–Trinajstić information content (AvgIpc) is 2.44. The van der Waals surface area contributed by atoms with E-state index in [-0.39, 0.29) is 11.7 Å². The largest absolute Gasteiger partial charge is 0.294 e. The SMILES string of the molecule is O=C(c1ccccc1)C1CC(=Cc2ccccc2)C1. The molecule has 0 radical (unpaired) electrons. The lowest BCUT2D eigenvalue weighted by atomic mass is 9.75. The molecule has 2 aromatic carbocycles. The van der Waals surface area contributed by atoms with Crippen LogP contribution in [0.4, 0.5) is 0 Å². The molecule has 0 saturated heterocycles. The Morgan fingerprint density at radius 2 is 1.47 bits per heavy atom. The zero-order valence-corrected chi connectivity index (χ0v) is 10.8. The van der Waals surface area contributed by atoms with Gasteiger partial charge in [-0.1, -0.05) is 72.3 Å². The molecule has 1 aliphatic carbocycles. The van der Waals surface area contributed by atoms with Crippen molar-refractivity contribution in [2.45, 2.75) is 12.8 Å². The van der Waals surface area contributed by atoms with Crippen LogP contribution in [-0.4, -0.2) is 5.78 Å². The first kappa shape index (κ1) is 11.9. The lowest BCUT2D eigenvalue weighted by Gasteiger charge is -2.28. The predicted molar refractivity (Wildman–Crippen MR) is 77.9 cm³/mol. The summed E-state index contributed by atoms with van der Waals surface area (Å²) in [6, 6.07) is 19.9. The zero-order chi connectivity index (χ0) is 13.1. The van der Waals surface area contributed by atoms with Crippen LogP contribution in [0.2, 0.25) is 0 Å². The Morgan fingerprint density at radius 1 is 0.895 bits per heavy atom. The van der Waals surface area contributed by atoms with Crippen LogP contribution in [-0.2, 0) is 0 Å². The van der Waals surface area contributed by atoms with Gasteiger partial charge in [0.1, 0.15) is 0 Å². The Kier molecular flexibility index (Phi) is 3.28. The fourth-order valence-electron chi connectivity index (χ4n) is 2.50. The Hall–Kier alpha value is -2.15. The van der Waals surface area contributed by atoms with Crippen molar-refractivity contribution in [2.24, 2.45) is 5.92 Å². The van der Waals surface area contributed by atoms with Crippen LogP contribution in [0.1, 0.15) is 28.8 Å². The Labute approximate surface area is 113 Å². The lowest BCUT2D eigenvalue weighted by molar-refractivity contribution is 0.0892. The van der Waals surface area contributed by atoms with E-state index >= 15 is 0 Å². The summed E-state index contributed by atoms with van der Waals surface area (Å²) < 4.78 is 0. The quantitative estimate of drug-likeness (QED) is 0.737. The number of Topliss-reactive ketones (excluding diaryl/α,β-unsaturated/α-hetero) is 1. The zero-order valence-electron chi connectivity index (χ0n) is 10.8. The molecule has 0 heterocycles. The summed E-state index contributed by atoms with van der Waals surface area (Å²) in [5, 5.41) is 0. The predicted octanol–water partition coefficient (Wildman–Crippen LogP) is 4.36. The first-order chi connectivity index (χ1) is 9.33. The van der Waals surface area contributed by atoms with E-state index in [1.54, 1.807) is 0 Å². The van der Waals surface area contributed by atoms with Crippen molar-refractivity contribution < 1.29 is 4.79 Å². The molecule has 3 rings (SSSR count). The topological polar surface area (TPSA) is 17.1 Å². The Bertz CT molecular complexity index is 588. The third-order valence-electron chi connectivity index (χ3n) is 3.62. The van der Waals surface area contributed by atoms with Crippen molar-refractivity contribution in [3.05, 3.63) is 77.4 Å². The number of benzene rings is 2. The second kappa shape index (κ2) is 5.23.